The van der Waals surface area contributed by atoms with Crippen LogP contribution in [0, 0.1) is 0 Å². The van der Waals surface area contributed by atoms with Gasteiger partial charge in [-0.1, -0.05) is 12.1 Å². The van der Waals surface area contributed by atoms with E-state index in [0.29, 0.717) is 5.52 Å². The Balaban J connectivity index is 2.44. The molecule has 0 unspecified atom stereocenters. The number of nitrogens with zero attached hydrogens (tertiary/aromatic N) is 2. The number of alkyl halides is 6. The molecule has 2 aromatic rings. The van der Waals surface area contributed by atoms with Gasteiger partial charge >= 0.3 is 12.4 Å². The Kier molecular flexibility index (Phi) is 3.56. The number of hydrogen-bond donors (Lipinski definition) is 1. The molecule has 1 aromatic carbocycles. The molecule has 9 heteroatoms. The molecule has 21 heavy (non-hydrogen) atoms. The molecular weight excluding hydrogens is 302 g/mol. The van der Waals surface area contributed by atoms with Crippen molar-refractivity contribution in [1.29, 1.82) is 0 Å². The molecule has 0 saturated heterocycles. The standard InChI is InChI=1S/C12H8F6N2O/c13-11(14,15)10(21,12(16,17)18)5-7-6-19-8-3-1-2-4-9(8)20-7/h1-4,6,21H,5H2. The van der Waals surface area contributed by atoms with Crippen LogP contribution in [0.3, 0.4) is 0 Å². The number of hydrogen-bond acceptors (Lipinski definition) is 3. The number of aliphatic hydroxyl groups is 1. The molecule has 0 aliphatic heterocycles. The maximum absolute atomic E-state index is 12.6. The summed E-state index contributed by atoms with van der Waals surface area (Å²) in [6.07, 6.45) is -12.7. The van der Waals surface area contributed by atoms with E-state index in [2.05, 4.69) is 9.97 Å². The second-order valence-corrected chi connectivity index (χ2v) is 4.38. The smallest absolute Gasteiger partial charge is 0.373 e. The molecule has 0 amide bonds. The summed E-state index contributed by atoms with van der Waals surface area (Å²) >= 11 is 0. The van der Waals surface area contributed by atoms with Gasteiger partial charge in [-0.25, -0.2) is 4.98 Å². The Hall–Kier alpha value is -1.90. The summed E-state index contributed by atoms with van der Waals surface area (Å²) in [6, 6.07) is 6.01. The molecule has 0 radical (unpaired) electrons. The van der Waals surface area contributed by atoms with Gasteiger partial charge in [0.25, 0.3) is 5.60 Å². The monoisotopic (exact) mass is 310 g/mol. The first-order chi connectivity index (χ1) is 9.54. The van der Waals surface area contributed by atoms with Crippen molar-refractivity contribution in [1.82, 2.24) is 9.97 Å². The third kappa shape index (κ3) is 2.78. The molecule has 1 aromatic heterocycles. The lowest BCUT2D eigenvalue weighted by atomic mass is 9.96. The molecule has 0 atom stereocenters. The van der Waals surface area contributed by atoms with Crippen molar-refractivity contribution in [3.05, 3.63) is 36.2 Å². The van der Waals surface area contributed by atoms with Crippen LogP contribution in [0.1, 0.15) is 5.69 Å². The van der Waals surface area contributed by atoms with Gasteiger partial charge in [0, 0.05) is 12.6 Å². The van der Waals surface area contributed by atoms with Crippen LogP contribution in [-0.4, -0.2) is 33.0 Å². The number of benzene rings is 1. The van der Waals surface area contributed by atoms with E-state index in [9.17, 15) is 26.3 Å². The van der Waals surface area contributed by atoms with Crippen molar-refractivity contribution in [3.8, 4) is 0 Å². The van der Waals surface area contributed by atoms with Crippen LogP contribution >= 0.6 is 0 Å². The predicted octanol–water partition coefficient (Wildman–Crippen LogP) is 3.03. The van der Waals surface area contributed by atoms with Gasteiger partial charge in [0.05, 0.1) is 16.7 Å². The fraction of sp³-hybridized carbons (Fsp3) is 0.333. The molecule has 0 spiro atoms. The fourth-order valence-electron chi connectivity index (χ4n) is 1.70. The van der Waals surface area contributed by atoms with Gasteiger partial charge in [-0.2, -0.15) is 26.3 Å². The van der Waals surface area contributed by atoms with Gasteiger partial charge < -0.3 is 5.11 Å². The van der Waals surface area contributed by atoms with Crippen LogP contribution in [0.25, 0.3) is 11.0 Å². The first kappa shape index (κ1) is 15.5. The molecular formula is C12H8F6N2O. The van der Waals surface area contributed by atoms with E-state index in [0.717, 1.165) is 6.20 Å². The largest absolute Gasteiger partial charge is 0.426 e. The SMILES string of the molecule is OC(Cc1cnc2ccccc2n1)(C(F)(F)F)C(F)(F)F. The number of fused-ring (bicyclic) bond motifs is 1. The summed E-state index contributed by atoms with van der Waals surface area (Å²) in [4.78, 5) is 7.39. The molecule has 3 nitrogen and oxygen atoms in total. The van der Waals surface area contributed by atoms with Crippen molar-refractivity contribution < 1.29 is 31.4 Å². The van der Waals surface area contributed by atoms with Gasteiger partial charge in [0.2, 0.25) is 0 Å². The van der Waals surface area contributed by atoms with Gasteiger partial charge in [-0.15, -0.1) is 0 Å². The predicted molar refractivity (Wildman–Crippen MR) is 60.3 cm³/mol. The molecule has 0 aliphatic rings. The van der Waals surface area contributed by atoms with Crippen molar-refractivity contribution in [2.45, 2.75) is 24.4 Å². The first-order valence-electron chi connectivity index (χ1n) is 5.61. The zero-order valence-corrected chi connectivity index (χ0v) is 10.2. The van der Waals surface area contributed by atoms with Crippen LogP contribution in [0.4, 0.5) is 26.3 Å². The Morgan fingerprint density at radius 2 is 1.43 bits per heavy atom. The van der Waals surface area contributed by atoms with Crippen molar-refractivity contribution in [3.63, 3.8) is 0 Å². The number of aromatic nitrogens is 2. The summed E-state index contributed by atoms with van der Waals surface area (Å²) in [6.45, 7) is 0. The van der Waals surface area contributed by atoms with Crippen LogP contribution < -0.4 is 0 Å². The lowest BCUT2D eigenvalue weighted by Crippen LogP contribution is -2.58. The zero-order valence-electron chi connectivity index (χ0n) is 10.2. The topological polar surface area (TPSA) is 46.0 Å². The lowest BCUT2D eigenvalue weighted by Gasteiger charge is -2.31. The summed E-state index contributed by atoms with van der Waals surface area (Å²) in [5.41, 5.74) is -5.01. The minimum absolute atomic E-state index is 0.140. The van der Waals surface area contributed by atoms with Crippen LogP contribution in [0.5, 0.6) is 0 Å². The van der Waals surface area contributed by atoms with Gasteiger partial charge in [0.1, 0.15) is 0 Å². The third-order valence-corrected chi connectivity index (χ3v) is 2.87. The third-order valence-electron chi connectivity index (χ3n) is 2.87. The van der Waals surface area contributed by atoms with Crippen LogP contribution in [0.15, 0.2) is 30.5 Å². The van der Waals surface area contributed by atoms with E-state index in [1.807, 2.05) is 0 Å². The zero-order chi connectivity index (χ0) is 15.9. The number of halogens is 6. The average molecular weight is 310 g/mol. The number of rotatable bonds is 2. The second kappa shape index (κ2) is 4.83. The van der Waals surface area contributed by atoms with Gasteiger partial charge in [-0.05, 0) is 12.1 Å². The Labute approximate surface area is 114 Å². The van der Waals surface area contributed by atoms with E-state index >= 15 is 0 Å². The molecule has 2 rings (SSSR count). The summed E-state index contributed by atoms with van der Waals surface area (Å²) in [7, 11) is 0. The maximum atomic E-state index is 12.6. The Morgan fingerprint density at radius 3 is 1.95 bits per heavy atom. The highest BCUT2D eigenvalue weighted by molar-refractivity contribution is 5.73. The molecule has 1 N–H and O–H groups in total. The van der Waals surface area contributed by atoms with Crippen LogP contribution in [0.2, 0.25) is 0 Å². The number of para-hydroxylation sites is 2. The van der Waals surface area contributed by atoms with Gasteiger partial charge in [0.15, 0.2) is 0 Å². The Bertz CT molecular complexity index is 638. The average Bonchev–Trinajstić information content (AvgIpc) is 2.36. The summed E-state index contributed by atoms with van der Waals surface area (Å²) in [5.74, 6) is 0. The molecule has 0 saturated carbocycles. The van der Waals surface area contributed by atoms with Crippen molar-refractivity contribution in [2.24, 2.45) is 0 Å². The van der Waals surface area contributed by atoms with E-state index in [1.165, 1.54) is 18.2 Å². The first-order valence-corrected chi connectivity index (χ1v) is 5.61. The fourth-order valence-corrected chi connectivity index (χ4v) is 1.70. The normalized spacial score (nSPS) is 13.7. The van der Waals surface area contributed by atoms with Crippen molar-refractivity contribution in [2.75, 3.05) is 0 Å². The van der Waals surface area contributed by atoms with Crippen LogP contribution in [-0.2, 0) is 6.42 Å². The highest BCUT2D eigenvalue weighted by Gasteiger charge is 2.70. The molecule has 0 aliphatic carbocycles. The van der Waals surface area contributed by atoms with Gasteiger partial charge in [-0.3, -0.25) is 4.98 Å². The molecule has 1 heterocycles. The quantitative estimate of drug-likeness (QED) is 0.867. The lowest BCUT2D eigenvalue weighted by molar-refractivity contribution is -0.367. The maximum Gasteiger partial charge on any atom is 0.426 e. The highest BCUT2D eigenvalue weighted by atomic mass is 19.4. The summed E-state index contributed by atoms with van der Waals surface area (Å²) < 4.78 is 75.5. The van der Waals surface area contributed by atoms with Crippen molar-refractivity contribution >= 4 is 11.0 Å². The molecule has 0 bridgehead atoms. The van der Waals surface area contributed by atoms with E-state index in [1.54, 1.807) is 6.07 Å². The molecule has 0 fully saturated rings. The minimum atomic E-state index is -5.88. The Morgan fingerprint density at radius 1 is 0.905 bits per heavy atom. The second-order valence-electron chi connectivity index (χ2n) is 4.38. The summed E-state index contributed by atoms with van der Waals surface area (Å²) in [5, 5.41) is 9.09. The molecule has 114 valence electrons. The minimum Gasteiger partial charge on any atom is -0.373 e. The van der Waals surface area contributed by atoms with E-state index in [4.69, 9.17) is 5.11 Å². The van der Waals surface area contributed by atoms with E-state index < -0.39 is 30.1 Å². The highest BCUT2D eigenvalue weighted by Crippen LogP contribution is 2.44. The van der Waals surface area contributed by atoms with E-state index in [-0.39, 0.29) is 5.52 Å².